The summed E-state index contributed by atoms with van der Waals surface area (Å²) in [5, 5.41) is 9.02. The standard InChI is InChI=1S/C30H28F3N7O3S/c1-19(2)25-13-12-24(42-3)16-26(25)39-14-15-44-29(39)36-28(41)37-35-17-20-4-6-21(7-5-20)27-34-18-40(38-27)22-8-10-23(11-9-22)43-30(31,32)33/h4-13,16-19H,14-15H2,1-3H3,(H,37,41)/b35-17+,36-29-. The Hall–Kier alpha value is -4.85. The first kappa shape index (κ1) is 30.6. The molecule has 0 atom stereocenters. The molecule has 0 spiro atoms. The van der Waals surface area contributed by atoms with Crippen LogP contribution in [0.4, 0.5) is 23.7 Å². The molecular weight excluding hydrogens is 595 g/mol. The fraction of sp³-hybridized carbons (Fsp3) is 0.233. The first-order valence-electron chi connectivity index (χ1n) is 13.5. The number of thioether (sulfide) groups is 1. The maximum atomic E-state index is 12.6. The minimum absolute atomic E-state index is 0.279. The summed E-state index contributed by atoms with van der Waals surface area (Å²) in [5.74, 6) is 1.91. The number of nitrogens with one attached hydrogen (secondary N) is 1. The molecular formula is C30H28F3N7O3S. The van der Waals surface area contributed by atoms with E-state index < -0.39 is 12.4 Å². The molecule has 2 heterocycles. The summed E-state index contributed by atoms with van der Waals surface area (Å²) in [6.07, 6.45) is -1.80. The van der Waals surface area contributed by atoms with E-state index in [1.54, 1.807) is 31.4 Å². The van der Waals surface area contributed by atoms with Crippen molar-refractivity contribution in [2.24, 2.45) is 10.1 Å². The molecule has 4 aromatic rings. The molecule has 44 heavy (non-hydrogen) atoms. The summed E-state index contributed by atoms with van der Waals surface area (Å²) in [7, 11) is 1.62. The normalized spacial score (nSPS) is 14.5. The highest BCUT2D eigenvalue weighted by Crippen LogP contribution is 2.35. The molecule has 1 aliphatic heterocycles. The van der Waals surface area contributed by atoms with E-state index in [0.29, 0.717) is 22.2 Å². The number of carbonyl (C=O) groups is 1. The van der Waals surface area contributed by atoms with E-state index in [9.17, 15) is 18.0 Å². The van der Waals surface area contributed by atoms with Crippen LogP contribution in [0.15, 0.2) is 83.2 Å². The fourth-order valence-electron chi connectivity index (χ4n) is 4.40. The predicted octanol–water partition coefficient (Wildman–Crippen LogP) is 6.62. The maximum Gasteiger partial charge on any atom is 0.573 e. The molecule has 2 amide bonds. The van der Waals surface area contributed by atoms with Crippen LogP contribution < -0.4 is 19.8 Å². The molecule has 0 unspecified atom stereocenters. The Bertz CT molecular complexity index is 1670. The van der Waals surface area contributed by atoms with Gasteiger partial charge in [0.1, 0.15) is 17.8 Å². The number of aliphatic imine (C=N–C) groups is 1. The lowest BCUT2D eigenvalue weighted by Gasteiger charge is -2.23. The second kappa shape index (κ2) is 13.2. The summed E-state index contributed by atoms with van der Waals surface area (Å²) in [6, 6.07) is 17.8. The van der Waals surface area contributed by atoms with Crippen LogP contribution in [-0.4, -0.2) is 57.9 Å². The molecule has 14 heteroatoms. The molecule has 10 nitrogen and oxygen atoms in total. The SMILES string of the molecule is COc1ccc(C(C)C)c(N2CCS/C2=N\C(=O)N/N=C/c2ccc(-c3ncn(-c4ccc(OC(F)(F)F)cc4)n3)cc2)c1. The number of hydrogen-bond acceptors (Lipinski definition) is 7. The summed E-state index contributed by atoms with van der Waals surface area (Å²) in [5.41, 5.74) is 6.51. The number of methoxy groups -OCH3 is 1. The molecule has 1 fully saturated rings. The van der Waals surface area contributed by atoms with Gasteiger partial charge in [-0.1, -0.05) is 55.9 Å². The number of hydrogen-bond donors (Lipinski definition) is 1. The van der Waals surface area contributed by atoms with Crippen molar-refractivity contribution in [3.8, 4) is 28.6 Å². The van der Waals surface area contributed by atoms with Crippen molar-refractivity contribution in [2.45, 2.75) is 26.1 Å². The van der Waals surface area contributed by atoms with Crippen LogP contribution in [-0.2, 0) is 0 Å². The molecule has 1 N–H and O–H groups in total. The number of rotatable bonds is 8. The zero-order chi connectivity index (χ0) is 31.3. The maximum absolute atomic E-state index is 12.6. The molecule has 0 radical (unpaired) electrons. The van der Waals surface area contributed by atoms with Gasteiger partial charge in [0.15, 0.2) is 11.0 Å². The first-order valence-corrected chi connectivity index (χ1v) is 14.5. The van der Waals surface area contributed by atoms with Crippen LogP contribution in [0.25, 0.3) is 17.1 Å². The van der Waals surface area contributed by atoms with E-state index >= 15 is 0 Å². The summed E-state index contributed by atoms with van der Waals surface area (Å²) in [6.45, 7) is 4.95. The lowest BCUT2D eigenvalue weighted by atomic mass is 10.00. The van der Waals surface area contributed by atoms with Gasteiger partial charge in [-0.05, 0) is 47.4 Å². The molecule has 1 aromatic heterocycles. The Morgan fingerprint density at radius 2 is 1.80 bits per heavy atom. The Morgan fingerprint density at radius 3 is 2.48 bits per heavy atom. The number of urea groups is 1. The third-order valence-electron chi connectivity index (χ3n) is 6.49. The van der Waals surface area contributed by atoms with Gasteiger partial charge in [0.05, 0.1) is 19.0 Å². The Labute approximate surface area is 255 Å². The van der Waals surface area contributed by atoms with Crippen molar-refractivity contribution in [1.82, 2.24) is 20.2 Å². The highest BCUT2D eigenvalue weighted by molar-refractivity contribution is 8.14. The van der Waals surface area contributed by atoms with Crippen LogP contribution >= 0.6 is 11.8 Å². The van der Waals surface area contributed by atoms with Gasteiger partial charge in [0.25, 0.3) is 0 Å². The highest BCUT2D eigenvalue weighted by Gasteiger charge is 2.31. The quantitative estimate of drug-likeness (QED) is 0.174. The molecule has 1 saturated heterocycles. The van der Waals surface area contributed by atoms with E-state index in [-0.39, 0.29) is 11.7 Å². The molecule has 0 aliphatic carbocycles. The summed E-state index contributed by atoms with van der Waals surface area (Å²) < 4.78 is 47.9. The van der Waals surface area contributed by atoms with Gasteiger partial charge in [0.2, 0.25) is 0 Å². The number of alkyl halides is 3. The number of nitrogens with zero attached hydrogens (tertiary/aromatic N) is 6. The number of halogens is 3. The fourth-order valence-corrected chi connectivity index (χ4v) is 5.35. The number of aromatic nitrogens is 3. The third kappa shape index (κ3) is 7.56. The van der Waals surface area contributed by atoms with Gasteiger partial charge in [-0.25, -0.2) is 19.9 Å². The van der Waals surface area contributed by atoms with Gasteiger partial charge < -0.3 is 14.4 Å². The van der Waals surface area contributed by atoms with Crippen molar-refractivity contribution in [3.05, 3.63) is 84.2 Å². The van der Waals surface area contributed by atoms with E-state index in [0.717, 1.165) is 34.9 Å². The topological polar surface area (TPSA) is 106 Å². The van der Waals surface area contributed by atoms with Gasteiger partial charge in [-0.15, -0.1) is 18.3 Å². The lowest BCUT2D eigenvalue weighted by Crippen LogP contribution is -2.27. The van der Waals surface area contributed by atoms with Gasteiger partial charge in [0, 0.05) is 29.6 Å². The largest absolute Gasteiger partial charge is 0.573 e. The second-order valence-electron chi connectivity index (χ2n) is 9.83. The highest BCUT2D eigenvalue weighted by atomic mass is 32.2. The van der Waals surface area contributed by atoms with Crippen molar-refractivity contribution in [1.29, 1.82) is 0 Å². The number of amides is 2. The van der Waals surface area contributed by atoms with Crippen LogP contribution in [0.1, 0.15) is 30.9 Å². The Kier molecular flexibility index (Phi) is 9.18. The van der Waals surface area contributed by atoms with Gasteiger partial charge in [-0.3, -0.25) is 0 Å². The third-order valence-corrected chi connectivity index (χ3v) is 7.45. The number of amidine groups is 1. The van der Waals surface area contributed by atoms with E-state index in [2.05, 4.69) is 44.2 Å². The van der Waals surface area contributed by atoms with Crippen molar-refractivity contribution < 1.29 is 27.4 Å². The molecule has 1 aliphatic rings. The van der Waals surface area contributed by atoms with Crippen molar-refractivity contribution >= 4 is 34.9 Å². The number of anilines is 1. The summed E-state index contributed by atoms with van der Waals surface area (Å²) >= 11 is 1.50. The number of ether oxygens (including phenoxy) is 2. The molecule has 3 aromatic carbocycles. The molecule has 0 bridgehead atoms. The number of benzene rings is 3. The van der Waals surface area contributed by atoms with Gasteiger partial charge >= 0.3 is 12.4 Å². The minimum Gasteiger partial charge on any atom is -0.497 e. The smallest absolute Gasteiger partial charge is 0.497 e. The van der Waals surface area contributed by atoms with Crippen molar-refractivity contribution in [2.75, 3.05) is 24.3 Å². The zero-order valence-corrected chi connectivity index (χ0v) is 24.8. The van der Waals surface area contributed by atoms with Crippen LogP contribution in [0.2, 0.25) is 0 Å². The van der Waals surface area contributed by atoms with E-state index in [1.165, 1.54) is 53.3 Å². The van der Waals surface area contributed by atoms with Crippen LogP contribution in [0, 0.1) is 0 Å². The number of hydrazone groups is 1. The predicted molar refractivity (Wildman–Crippen MR) is 164 cm³/mol. The van der Waals surface area contributed by atoms with Crippen LogP contribution in [0.5, 0.6) is 11.5 Å². The second-order valence-corrected chi connectivity index (χ2v) is 10.9. The van der Waals surface area contributed by atoms with Crippen LogP contribution in [0.3, 0.4) is 0 Å². The lowest BCUT2D eigenvalue weighted by molar-refractivity contribution is -0.274. The zero-order valence-electron chi connectivity index (χ0n) is 23.9. The molecule has 0 saturated carbocycles. The molecule has 228 valence electrons. The average Bonchev–Trinajstić information content (AvgIpc) is 3.67. The van der Waals surface area contributed by atoms with Crippen molar-refractivity contribution in [3.63, 3.8) is 0 Å². The Morgan fingerprint density at radius 1 is 1.07 bits per heavy atom. The first-order chi connectivity index (χ1) is 21.1. The van der Waals surface area contributed by atoms with E-state index in [4.69, 9.17) is 4.74 Å². The summed E-state index contributed by atoms with van der Waals surface area (Å²) in [4.78, 5) is 23.1. The van der Waals surface area contributed by atoms with E-state index in [1.807, 2.05) is 23.1 Å². The number of carbonyl (C=O) groups excluding carboxylic acids is 1. The molecule has 5 rings (SSSR count). The monoisotopic (exact) mass is 623 g/mol. The Balaban J connectivity index is 1.20. The van der Waals surface area contributed by atoms with Gasteiger partial charge in [-0.2, -0.15) is 10.1 Å². The minimum atomic E-state index is -4.76. The average molecular weight is 624 g/mol.